The maximum absolute atomic E-state index is 4.32. The van der Waals surface area contributed by atoms with Gasteiger partial charge in [0.25, 0.3) is 0 Å². The third-order valence-corrected chi connectivity index (χ3v) is 1.76. The fourth-order valence-electron chi connectivity index (χ4n) is 0.963. The SMILES string of the molecule is C=Cc1nc(C)c(C)nc1/N=C\C. The molecule has 0 aliphatic rings. The van der Waals surface area contributed by atoms with Crippen LogP contribution in [0.1, 0.15) is 24.0 Å². The van der Waals surface area contributed by atoms with Gasteiger partial charge in [0.15, 0.2) is 5.82 Å². The van der Waals surface area contributed by atoms with Gasteiger partial charge in [-0.25, -0.2) is 15.0 Å². The van der Waals surface area contributed by atoms with Crippen molar-refractivity contribution in [3.8, 4) is 0 Å². The molecule has 0 atom stereocenters. The number of aryl methyl sites for hydroxylation is 2. The number of rotatable bonds is 2. The molecule has 0 aromatic carbocycles. The van der Waals surface area contributed by atoms with Gasteiger partial charge in [0, 0.05) is 6.21 Å². The number of hydrogen-bond donors (Lipinski definition) is 0. The summed E-state index contributed by atoms with van der Waals surface area (Å²) in [5.74, 6) is 0.639. The van der Waals surface area contributed by atoms with Crippen LogP contribution in [-0.4, -0.2) is 16.2 Å². The van der Waals surface area contributed by atoms with Gasteiger partial charge >= 0.3 is 0 Å². The number of nitrogens with zero attached hydrogens (tertiary/aromatic N) is 3. The van der Waals surface area contributed by atoms with Crippen molar-refractivity contribution in [2.75, 3.05) is 0 Å². The monoisotopic (exact) mass is 175 g/mol. The summed E-state index contributed by atoms with van der Waals surface area (Å²) in [6.07, 6.45) is 3.37. The second-order valence-corrected chi connectivity index (χ2v) is 2.69. The Kier molecular flexibility index (Phi) is 2.90. The second-order valence-electron chi connectivity index (χ2n) is 2.69. The topological polar surface area (TPSA) is 38.1 Å². The van der Waals surface area contributed by atoms with Gasteiger partial charge in [-0.15, -0.1) is 0 Å². The quantitative estimate of drug-likeness (QED) is 0.647. The van der Waals surface area contributed by atoms with E-state index in [0.29, 0.717) is 5.82 Å². The first-order valence-electron chi connectivity index (χ1n) is 4.15. The normalized spacial score (nSPS) is 10.7. The molecule has 0 spiro atoms. The van der Waals surface area contributed by atoms with Crippen molar-refractivity contribution in [1.29, 1.82) is 0 Å². The van der Waals surface area contributed by atoms with Crippen molar-refractivity contribution in [1.82, 2.24) is 9.97 Å². The average molecular weight is 175 g/mol. The van der Waals surface area contributed by atoms with Crippen LogP contribution < -0.4 is 0 Å². The summed E-state index contributed by atoms with van der Waals surface area (Å²) in [5, 5.41) is 0. The molecule has 68 valence electrons. The molecule has 0 radical (unpaired) electrons. The fourth-order valence-corrected chi connectivity index (χ4v) is 0.963. The highest BCUT2D eigenvalue weighted by Crippen LogP contribution is 2.16. The molecule has 0 saturated heterocycles. The Morgan fingerprint density at radius 1 is 1.23 bits per heavy atom. The van der Waals surface area contributed by atoms with Gasteiger partial charge < -0.3 is 0 Å². The first-order valence-corrected chi connectivity index (χ1v) is 4.15. The minimum absolute atomic E-state index is 0.639. The van der Waals surface area contributed by atoms with Crippen molar-refractivity contribution in [2.24, 2.45) is 4.99 Å². The largest absolute Gasteiger partial charge is 0.248 e. The average Bonchev–Trinajstić information content (AvgIpc) is 2.11. The zero-order valence-electron chi connectivity index (χ0n) is 8.20. The third-order valence-electron chi connectivity index (χ3n) is 1.76. The molecule has 0 aliphatic heterocycles. The number of aromatic nitrogens is 2. The van der Waals surface area contributed by atoms with Gasteiger partial charge in [-0.05, 0) is 26.8 Å². The molecule has 3 heteroatoms. The van der Waals surface area contributed by atoms with Crippen LogP contribution in [0.3, 0.4) is 0 Å². The van der Waals surface area contributed by atoms with Gasteiger partial charge in [-0.1, -0.05) is 6.58 Å². The van der Waals surface area contributed by atoms with Crippen molar-refractivity contribution >= 4 is 18.1 Å². The summed E-state index contributed by atoms with van der Waals surface area (Å²) in [6, 6.07) is 0. The molecule has 1 aromatic heterocycles. The van der Waals surface area contributed by atoms with Gasteiger partial charge in [0.05, 0.1) is 11.4 Å². The van der Waals surface area contributed by atoms with Crippen LogP contribution in [0.2, 0.25) is 0 Å². The van der Waals surface area contributed by atoms with E-state index in [9.17, 15) is 0 Å². The van der Waals surface area contributed by atoms with Crippen LogP contribution >= 0.6 is 0 Å². The summed E-state index contributed by atoms with van der Waals surface area (Å²) < 4.78 is 0. The Morgan fingerprint density at radius 2 is 1.85 bits per heavy atom. The second kappa shape index (κ2) is 3.94. The van der Waals surface area contributed by atoms with Crippen molar-refractivity contribution in [2.45, 2.75) is 20.8 Å². The molecule has 0 N–H and O–H groups in total. The molecule has 0 saturated carbocycles. The molecular weight excluding hydrogens is 162 g/mol. The molecule has 13 heavy (non-hydrogen) atoms. The van der Waals surface area contributed by atoms with E-state index in [4.69, 9.17) is 0 Å². The molecule has 1 aromatic rings. The smallest absolute Gasteiger partial charge is 0.178 e. The van der Waals surface area contributed by atoms with E-state index >= 15 is 0 Å². The van der Waals surface area contributed by atoms with Crippen LogP contribution in [0.5, 0.6) is 0 Å². The fraction of sp³-hybridized carbons (Fsp3) is 0.300. The van der Waals surface area contributed by atoms with E-state index in [1.807, 2.05) is 20.8 Å². The van der Waals surface area contributed by atoms with Gasteiger partial charge in [0.2, 0.25) is 0 Å². The lowest BCUT2D eigenvalue weighted by Gasteiger charge is -2.03. The van der Waals surface area contributed by atoms with Crippen LogP contribution in [0.25, 0.3) is 6.08 Å². The summed E-state index contributed by atoms with van der Waals surface area (Å²) in [6.45, 7) is 9.37. The summed E-state index contributed by atoms with van der Waals surface area (Å²) in [5.41, 5.74) is 2.57. The van der Waals surface area contributed by atoms with Crippen molar-refractivity contribution in [3.05, 3.63) is 23.7 Å². The maximum atomic E-state index is 4.32. The summed E-state index contributed by atoms with van der Waals surface area (Å²) >= 11 is 0. The highest BCUT2D eigenvalue weighted by molar-refractivity contribution is 5.64. The minimum atomic E-state index is 0.639. The zero-order chi connectivity index (χ0) is 9.84. The molecule has 1 rings (SSSR count). The van der Waals surface area contributed by atoms with E-state index < -0.39 is 0 Å². The Hall–Kier alpha value is -1.51. The Balaban J connectivity index is 3.32. The highest BCUT2D eigenvalue weighted by atomic mass is 15.0. The minimum Gasteiger partial charge on any atom is -0.248 e. The maximum Gasteiger partial charge on any atom is 0.178 e. The molecule has 0 unspecified atom stereocenters. The Labute approximate surface area is 78.3 Å². The van der Waals surface area contributed by atoms with Crippen LogP contribution in [0.4, 0.5) is 5.82 Å². The summed E-state index contributed by atoms with van der Waals surface area (Å²) in [4.78, 5) is 12.7. The lowest BCUT2D eigenvalue weighted by atomic mass is 10.3. The standard InChI is InChI=1S/C10H13N3/c1-5-9-10(11-6-2)13-8(4)7(3)12-9/h5-6H,1H2,2-4H3/b11-6-. The Morgan fingerprint density at radius 3 is 2.38 bits per heavy atom. The van der Waals surface area contributed by atoms with Crippen molar-refractivity contribution < 1.29 is 0 Å². The number of aliphatic imine (C=N–C) groups is 1. The lowest BCUT2D eigenvalue weighted by Crippen LogP contribution is -1.95. The van der Waals surface area contributed by atoms with Gasteiger partial charge in [-0.2, -0.15) is 0 Å². The van der Waals surface area contributed by atoms with E-state index in [1.54, 1.807) is 12.3 Å². The highest BCUT2D eigenvalue weighted by Gasteiger charge is 2.03. The molecule has 0 aliphatic carbocycles. The van der Waals surface area contributed by atoms with Gasteiger partial charge in [0.1, 0.15) is 5.69 Å². The van der Waals surface area contributed by atoms with Crippen molar-refractivity contribution in [3.63, 3.8) is 0 Å². The molecule has 0 bridgehead atoms. The summed E-state index contributed by atoms with van der Waals surface area (Å²) in [7, 11) is 0. The number of hydrogen-bond acceptors (Lipinski definition) is 3. The molecule has 1 heterocycles. The molecular formula is C10H13N3. The van der Waals surface area contributed by atoms with E-state index in [0.717, 1.165) is 17.1 Å². The van der Waals surface area contributed by atoms with E-state index in [-0.39, 0.29) is 0 Å². The predicted molar refractivity (Wildman–Crippen MR) is 55.4 cm³/mol. The first-order chi connectivity index (χ1) is 6.19. The predicted octanol–water partition coefficient (Wildman–Crippen LogP) is 2.46. The zero-order valence-corrected chi connectivity index (χ0v) is 8.20. The van der Waals surface area contributed by atoms with Crippen LogP contribution in [-0.2, 0) is 0 Å². The van der Waals surface area contributed by atoms with Gasteiger partial charge in [-0.3, -0.25) is 0 Å². The lowest BCUT2D eigenvalue weighted by molar-refractivity contribution is 1.03. The molecule has 0 amide bonds. The molecule has 3 nitrogen and oxygen atoms in total. The van der Waals surface area contributed by atoms with Crippen LogP contribution in [0, 0.1) is 13.8 Å². The van der Waals surface area contributed by atoms with Crippen LogP contribution in [0.15, 0.2) is 11.6 Å². The van der Waals surface area contributed by atoms with E-state index in [1.165, 1.54) is 0 Å². The van der Waals surface area contributed by atoms with E-state index in [2.05, 4.69) is 21.5 Å². The molecule has 0 fully saturated rings. The Bertz CT molecular complexity index is 353. The third kappa shape index (κ3) is 1.99. The first kappa shape index (κ1) is 9.58.